The maximum Gasteiger partial charge on any atom is 0.426 e. The van der Waals surface area contributed by atoms with E-state index in [4.69, 9.17) is 4.43 Å². The molecule has 126 valence electrons. The third-order valence-corrected chi connectivity index (χ3v) is 7.97. The number of alkyl halides is 5. The van der Waals surface area contributed by atoms with Crippen LogP contribution in [-0.2, 0) is 4.43 Å². The molecule has 0 aliphatic heterocycles. The Morgan fingerprint density at radius 1 is 1.05 bits per heavy atom. The first-order chi connectivity index (χ1) is 9.04. The Hall–Kier alpha value is -0.503. The van der Waals surface area contributed by atoms with E-state index < -0.39 is 32.9 Å². The number of hydrogen-bond donors (Lipinski definition) is 0. The molecule has 0 unspecified atom stereocenters. The lowest BCUT2D eigenvalue weighted by atomic mass is 10.1. The summed E-state index contributed by atoms with van der Waals surface area (Å²) in [5, 5.41) is -0.153. The van der Waals surface area contributed by atoms with Gasteiger partial charge in [0.25, 0.3) is 0 Å². The van der Waals surface area contributed by atoms with Crippen molar-refractivity contribution in [3.05, 3.63) is 0 Å². The van der Waals surface area contributed by atoms with E-state index in [2.05, 4.69) is 4.99 Å². The highest BCUT2D eigenvalue weighted by molar-refractivity contribution is 6.74. The van der Waals surface area contributed by atoms with E-state index in [9.17, 15) is 22.0 Å². The molecular weight excluding hydrogens is 309 g/mol. The van der Waals surface area contributed by atoms with Crippen LogP contribution in [0.3, 0.4) is 0 Å². The van der Waals surface area contributed by atoms with Crippen LogP contribution in [0.25, 0.3) is 0 Å². The van der Waals surface area contributed by atoms with Crippen LogP contribution in [0.15, 0.2) is 4.99 Å². The van der Waals surface area contributed by atoms with Crippen LogP contribution in [0, 0.1) is 0 Å². The fourth-order valence-electron chi connectivity index (χ4n) is 1.28. The predicted octanol–water partition coefficient (Wildman–Crippen LogP) is 5.06. The van der Waals surface area contributed by atoms with Crippen LogP contribution >= 0.6 is 0 Å². The number of halogens is 5. The van der Waals surface area contributed by atoms with Crippen LogP contribution in [0.4, 0.5) is 22.0 Å². The molecule has 0 heterocycles. The maximum absolute atomic E-state index is 13.0. The highest BCUT2D eigenvalue weighted by Crippen LogP contribution is 2.37. The van der Waals surface area contributed by atoms with Gasteiger partial charge in [-0.1, -0.05) is 20.8 Å². The van der Waals surface area contributed by atoms with Crippen LogP contribution in [0.5, 0.6) is 0 Å². The van der Waals surface area contributed by atoms with Crippen molar-refractivity contribution in [1.29, 1.82) is 0 Å². The first-order valence-corrected chi connectivity index (χ1v) is 9.57. The molecule has 0 bridgehead atoms. The Labute approximate surface area is 123 Å². The lowest BCUT2D eigenvalue weighted by Crippen LogP contribution is -2.43. The van der Waals surface area contributed by atoms with E-state index >= 15 is 0 Å². The number of rotatable bonds is 6. The standard InChI is InChI=1S/C13H24F5NOSi/c1-11(2,3)21(5,6)20-8-10(7-12(4,14)15)19-9-13(16,17)18/h9-10H,7-8H2,1-6H3/t10-/m0/s1. The van der Waals surface area contributed by atoms with Gasteiger partial charge in [-0.05, 0) is 25.1 Å². The summed E-state index contributed by atoms with van der Waals surface area (Å²) < 4.78 is 68.2. The van der Waals surface area contributed by atoms with Gasteiger partial charge in [0.1, 0.15) is 6.21 Å². The maximum atomic E-state index is 13.0. The van der Waals surface area contributed by atoms with Crippen LogP contribution < -0.4 is 0 Å². The highest BCUT2D eigenvalue weighted by atomic mass is 28.4. The summed E-state index contributed by atoms with van der Waals surface area (Å²) in [6, 6.07) is -1.21. The van der Waals surface area contributed by atoms with Crippen molar-refractivity contribution < 1.29 is 26.4 Å². The lowest BCUT2D eigenvalue weighted by Gasteiger charge is -2.37. The van der Waals surface area contributed by atoms with Gasteiger partial charge in [0.15, 0.2) is 8.32 Å². The van der Waals surface area contributed by atoms with Crippen molar-refractivity contribution in [2.45, 2.75) is 70.4 Å². The zero-order valence-corrected chi connectivity index (χ0v) is 14.3. The molecule has 0 aromatic carbocycles. The topological polar surface area (TPSA) is 21.6 Å². The smallest absolute Gasteiger partial charge is 0.415 e. The summed E-state index contributed by atoms with van der Waals surface area (Å²) >= 11 is 0. The lowest BCUT2D eigenvalue weighted by molar-refractivity contribution is -0.0545. The molecule has 0 amide bonds. The van der Waals surface area contributed by atoms with Gasteiger partial charge in [-0.2, -0.15) is 13.2 Å². The fourth-order valence-corrected chi connectivity index (χ4v) is 2.32. The average Bonchev–Trinajstić information content (AvgIpc) is 2.17. The highest BCUT2D eigenvalue weighted by Gasteiger charge is 2.38. The van der Waals surface area contributed by atoms with E-state index in [0.29, 0.717) is 6.92 Å². The first-order valence-electron chi connectivity index (χ1n) is 6.66. The van der Waals surface area contributed by atoms with Gasteiger partial charge in [-0.3, -0.25) is 4.99 Å². The van der Waals surface area contributed by atoms with E-state index in [1.165, 1.54) is 0 Å². The van der Waals surface area contributed by atoms with Crippen LogP contribution in [0.1, 0.15) is 34.1 Å². The summed E-state index contributed by atoms with van der Waals surface area (Å²) in [5.41, 5.74) is 0. The Morgan fingerprint density at radius 2 is 1.52 bits per heavy atom. The van der Waals surface area contributed by atoms with Gasteiger partial charge in [0.2, 0.25) is 5.92 Å². The zero-order valence-electron chi connectivity index (χ0n) is 13.3. The van der Waals surface area contributed by atoms with E-state index in [1.54, 1.807) is 0 Å². The van der Waals surface area contributed by atoms with Gasteiger partial charge >= 0.3 is 6.18 Å². The first kappa shape index (κ1) is 20.5. The summed E-state index contributed by atoms with van der Waals surface area (Å²) in [7, 11) is -2.22. The van der Waals surface area contributed by atoms with E-state index in [0.717, 1.165) is 0 Å². The molecule has 0 aliphatic carbocycles. The molecule has 0 spiro atoms. The monoisotopic (exact) mass is 333 g/mol. The fraction of sp³-hybridized carbons (Fsp3) is 0.923. The normalized spacial score (nSPS) is 16.5. The van der Waals surface area contributed by atoms with Crippen molar-refractivity contribution in [2.75, 3.05) is 6.61 Å². The second kappa shape index (κ2) is 6.72. The predicted molar refractivity (Wildman–Crippen MR) is 76.7 cm³/mol. The molecule has 8 heteroatoms. The molecular formula is C13H24F5NOSi. The summed E-state index contributed by atoms with van der Waals surface area (Å²) in [6.45, 7) is 10.1. The van der Waals surface area contributed by atoms with Gasteiger partial charge < -0.3 is 4.43 Å². The summed E-state index contributed by atoms with van der Waals surface area (Å²) in [4.78, 5) is 3.23. The van der Waals surface area contributed by atoms with Crippen molar-refractivity contribution in [3.8, 4) is 0 Å². The van der Waals surface area contributed by atoms with E-state index in [-0.39, 0.29) is 17.9 Å². The Morgan fingerprint density at radius 3 is 1.86 bits per heavy atom. The zero-order chi connectivity index (χ0) is 17.1. The molecule has 0 aliphatic rings. The molecule has 0 saturated carbocycles. The largest absolute Gasteiger partial charge is 0.426 e. The quantitative estimate of drug-likeness (QED) is 0.378. The third kappa shape index (κ3) is 9.18. The molecule has 0 rings (SSSR count). The minimum Gasteiger partial charge on any atom is -0.415 e. The molecule has 1 atom stereocenters. The van der Waals surface area contributed by atoms with Gasteiger partial charge in [0, 0.05) is 6.42 Å². The molecule has 0 N–H and O–H groups in total. The SMILES string of the molecule is CC(F)(F)C[C@@H](CO[Si](C)(C)C(C)(C)C)N=CC(F)(F)F. The summed E-state index contributed by atoms with van der Waals surface area (Å²) in [5.74, 6) is -3.09. The second-order valence-corrected chi connectivity index (χ2v) is 11.6. The molecule has 2 nitrogen and oxygen atoms in total. The number of hydrogen-bond acceptors (Lipinski definition) is 2. The molecule has 0 radical (unpaired) electrons. The van der Waals surface area contributed by atoms with Crippen molar-refractivity contribution in [2.24, 2.45) is 4.99 Å². The van der Waals surface area contributed by atoms with E-state index in [1.807, 2.05) is 33.9 Å². The molecule has 0 fully saturated rings. The number of nitrogens with zero attached hydrogens (tertiary/aromatic N) is 1. The van der Waals surface area contributed by atoms with Crippen molar-refractivity contribution >= 4 is 14.5 Å². The average molecular weight is 333 g/mol. The molecule has 0 saturated heterocycles. The minimum atomic E-state index is -4.61. The van der Waals surface area contributed by atoms with Gasteiger partial charge in [0.05, 0.1) is 12.6 Å². The number of aliphatic imine (C=N–C) groups is 1. The Balaban J connectivity index is 4.89. The molecule has 0 aromatic heterocycles. The van der Waals surface area contributed by atoms with Crippen molar-refractivity contribution in [1.82, 2.24) is 0 Å². The van der Waals surface area contributed by atoms with Crippen LogP contribution in [-0.4, -0.2) is 39.3 Å². The Kier molecular flexibility index (Phi) is 6.56. The van der Waals surface area contributed by atoms with Gasteiger partial charge in [-0.25, -0.2) is 8.78 Å². The molecule has 21 heavy (non-hydrogen) atoms. The Bertz CT molecular complexity index is 355. The van der Waals surface area contributed by atoms with Crippen molar-refractivity contribution in [3.63, 3.8) is 0 Å². The third-order valence-electron chi connectivity index (χ3n) is 3.47. The molecule has 0 aromatic rings. The van der Waals surface area contributed by atoms with Gasteiger partial charge in [-0.15, -0.1) is 0 Å². The second-order valence-electron chi connectivity index (χ2n) is 6.82. The summed E-state index contributed by atoms with van der Waals surface area (Å²) in [6.07, 6.45) is -5.62. The minimum absolute atomic E-state index is 0.153. The van der Waals surface area contributed by atoms with Crippen LogP contribution in [0.2, 0.25) is 18.1 Å².